The predicted molar refractivity (Wildman–Crippen MR) is 96.2 cm³/mol. The summed E-state index contributed by atoms with van der Waals surface area (Å²) in [6.45, 7) is 0.612. The number of ether oxygens (including phenoxy) is 1. The van der Waals surface area contributed by atoms with Gasteiger partial charge in [-0.3, -0.25) is 13.9 Å². The number of rotatable bonds is 6. The minimum Gasteiger partial charge on any atom is -0.497 e. The Morgan fingerprint density at radius 1 is 1.16 bits per heavy atom. The lowest BCUT2D eigenvalue weighted by atomic mass is 10.1. The number of hydrogen-bond acceptors (Lipinski definition) is 5. The van der Waals surface area contributed by atoms with E-state index in [0.717, 1.165) is 23.2 Å². The van der Waals surface area contributed by atoms with Crippen LogP contribution < -0.4 is 20.9 Å². The molecule has 0 aliphatic rings. The molecule has 132 valence electrons. The molecule has 0 atom stereocenters. The minimum atomic E-state index is -0.567. The summed E-state index contributed by atoms with van der Waals surface area (Å²) in [6, 6.07) is 9.77. The second-order valence-corrected chi connectivity index (χ2v) is 5.89. The Labute approximate surface area is 146 Å². The zero-order valence-corrected chi connectivity index (χ0v) is 14.9. The maximum atomic E-state index is 12.1. The number of nitrogens with zero attached hydrogens (tertiary/aromatic N) is 4. The third-order valence-corrected chi connectivity index (χ3v) is 4.23. The van der Waals surface area contributed by atoms with Crippen molar-refractivity contribution in [3.05, 3.63) is 56.2 Å². The molecule has 1 aromatic heterocycles. The number of nitriles is 1. The second kappa shape index (κ2) is 7.71. The standard InChI is InChI=1S/C18H22N4O3/c1-20(11-5-6-13-7-9-14(25-4)10-8-13)16-15(12-19)17(23)22(3)18(24)21(16)2/h7-10H,5-6,11H2,1-4H3. The van der Waals surface area contributed by atoms with Crippen molar-refractivity contribution in [3.63, 3.8) is 0 Å². The predicted octanol–water partition coefficient (Wildman–Crippen LogP) is 1.03. The molecule has 0 aliphatic carbocycles. The van der Waals surface area contributed by atoms with Crippen molar-refractivity contribution in [1.29, 1.82) is 5.26 Å². The molecular weight excluding hydrogens is 320 g/mol. The Kier molecular flexibility index (Phi) is 5.65. The molecule has 7 nitrogen and oxygen atoms in total. The van der Waals surface area contributed by atoms with Crippen molar-refractivity contribution in [3.8, 4) is 11.8 Å². The highest BCUT2D eigenvalue weighted by Gasteiger charge is 2.18. The largest absolute Gasteiger partial charge is 0.497 e. The summed E-state index contributed by atoms with van der Waals surface area (Å²) in [5, 5.41) is 9.32. The van der Waals surface area contributed by atoms with Crippen LogP contribution in [0.5, 0.6) is 5.75 Å². The van der Waals surface area contributed by atoms with E-state index in [4.69, 9.17) is 4.74 Å². The van der Waals surface area contributed by atoms with Crippen molar-refractivity contribution in [2.75, 3.05) is 25.6 Å². The first-order valence-electron chi connectivity index (χ1n) is 7.95. The lowest BCUT2D eigenvalue weighted by molar-refractivity contribution is 0.414. The molecule has 0 amide bonds. The van der Waals surface area contributed by atoms with Gasteiger partial charge in [0.25, 0.3) is 5.56 Å². The van der Waals surface area contributed by atoms with Crippen molar-refractivity contribution in [2.45, 2.75) is 12.8 Å². The summed E-state index contributed by atoms with van der Waals surface area (Å²) in [7, 11) is 6.35. The zero-order chi connectivity index (χ0) is 18.6. The van der Waals surface area contributed by atoms with Gasteiger partial charge in [0.2, 0.25) is 0 Å². The van der Waals surface area contributed by atoms with Gasteiger partial charge in [0.05, 0.1) is 7.11 Å². The molecule has 1 aromatic carbocycles. The van der Waals surface area contributed by atoms with Crippen LogP contribution in [0.3, 0.4) is 0 Å². The van der Waals surface area contributed by atoms with Gasteiger partial charge in [-0.15, -0.1) is 0 Å². The molecule has 7 heteroatoms. The van der Waals surface area contributed by atoms with Crippen LogP contribution in [0, 0.1) is 11.3 Å². The van der Waals surface area contributed by atoms with Gasteiger partial charge >= 0.3 is 5.69 Å². The smallest absolute Gasteiger partial charge is 0.332 e. The molecule has 2 aromatic rings. The van der Waals surface area contributed by atoms with Crippen LogP contribution in [-0.2, 0) is 20.5 Å². The van der Waals surface area contributed by atoms with Crippen LogP contribution in [0.2, 0.25) is 0 Å². The highest BCUT2D eigenvalue weighted by atomic mass is 16.5. The third-order valence-electron chi connectivity index (χ3n) is 4.23. The monoisotopic (exact) mass is 342 g/mol. The summed E-state index contributed by atoms with van der Waals surface area (Å²) in [6.07, 6.45) is 1.66. The SMILES string of the molecule is COc1ccc(CCCN(C)c2c(C#N)c(=O)n(C)c(=O)n2C)cc1. The average molecular weight is 342 g/mol. The van der Waals surface area contributed by atoms with Gasteiger partial charge in [-0.2, -0.15) is 5.26 Å². The van der Waals surface area contributed by atoms with Gasteiger partial charge in [-0.05, 0) is 30.5 Å². The Balaban J connectivity index is 2.16. The van der Waals surface area contributed by atoms with E-state index in [2.05, 4.69) is 0 Å². The number of methoxy groups -OCH3 is 1. The average Bonchev–Trinajstić information content (AvgIpc) is 2.63. The van der Waals surface area contributed by atoms with Crippen LogP contribution in [0.25, 0.3) is 0 Å². The summed E-state index contributed by atoms with van der Waals surface area (Å²) < 4.78 is 7.43. The summed E-state index contributed by atoms with van der Waals surface area (Å²) in [4.78, 5) is 26.0. The molecule has 0 saturated heterocycles. The number of benzene rings is 1. The van der Waals surface area contributed by atoms with Crippen molar-refractivity contribution in [2.24, 2.45) is 14.1 Å². The Morgan fingerprint density at radius 2 is 1.80 bits per heavy atom. The number of hydrogen-bond donors (Lipinski definition) is 0. The summed E-state index contributed by atoms with van der Waals surface area (Å²) in [5.41, 5.74) is 0.146. The van der Waals surface area contributed by atoms with Gasteiger partial charge in [0.1, 0.15) is 17.6 Å². The minimum absolute atomic E-state index is 0.0171. The topological polar surface area (TPSA) is 80.3 Å². The zero-order valence-electron chi connectivity index (χ0n) is 14.9. The van der Waals surface area contributed by atoms with E-state index in [1.165, 1.54) is 17.2 Å². The summed E-state index contributed by atoms with van der Waals surface area (Å²) in [5.74, 6) is 1.17. The van der Waals surface area contributed by atoms with Crippen LogP contribution in [-0.4, -0.2) is 29.8 Å². The fourth-order valence-corrected chi connectivity index (χ4v) is 2.80. The van der Waals surface area contributed by atoms with E-state index in [9.17, 15) is 14.9 Å². The molecule has 0 N–H and O–H groups in total. The summed E-state index contributed by atoms with van der Waals surface area (Å²) >= 11 is 0. The van der Waals surface area contributed by atoms with Crippen molar-refractivity contribution >= 4 is 5.82 Å². The van der Waals surface area contributed by atoms with Crippen LogP contribution in [0.1, 0.15) is 17.5 Å². The molecule has 0 unspecified atom stereocenters. The van der Waals surface area contributed by atoms with Crippen molar-refractivity contribution in [1.82, 2.24) is 9.13 Å². The van der Waals surface area contributed by atoms with E-state index >= 15 is 0 Å². The number of aryl methyl sites for hydroxylation is 1. The van der Waals surface area contributed by atoms with Gasteiger partial charge in [0, 0.05) is 27.7 Å². The molecule has 0 aliphatic heterocycles. The van der Waals surface area contributed by atoms with E-state index in [0.29, 0.717) is 12.4 Å². The Morgan fingerprint density at radius 3 is 2.36 bits per heavy atom. The first-order chi connectivity index (χ1) is 11.9. The highest BCUT2D eigenvalue weighted by Crippen LogP contribution is 2.15. The third kappa shape index (κ3) is 3.74. The van der Waals surface area contributed by atoms with E-state index in [1.807, 2.05) is 30.3 Å². The fraction of sp³-hybridized carbons (Fsp3) is 0.389. The van der Waals surface area contributed by atoms with Gasteiger partial charge in [-0.1, -0.05) is 12.1 Å². The van der Waals surface area contributed by atoms with Gasteiger partial charge in [-0.25, -0.2) is 4.79 Å². The molecule has 0 radical (unpaired) electrons. The molecule has 2 rings (SSSR count). The van der Waals surface area contributed by atoms with E-state index < -0.39 is 11.2 Å². The molecular formula is C18H22N4O3. The lowest BCUT2D eigenvalue weighted by Crippen LogP contribution is -2.42. The van der Waals surface area contributed by atoms with Gasteiger partial charge in [0.15, 0.2) is 5.56 Å². The molecule has 0 bridgehead atoms. The molecule has 25 heavy (non-hydrogen) atoms. The van der Waals surface area contributed by atoms with E-state index in [-0.39, 0.29) is 5.56 Å². The maximum Gasteiger partial charge on any atom is 0.332 e. The Hall–Kier alpha value is -3.01. The molecule has 1 heterocycles. The normalized spacial score (nSPS) is 10.4. The first kappa shape index (κ1) is 18.3. The molecule has 0 spiro atoms. The molecule has 0 fully saturated rings. The highest BCUT2D eigenvalue weighted by molar-refractivity contribution is 5.52. The quantitative estimate of drug-likeness (QED) is 0.783. The second-order valence-electron chi connectivity index (χ2n) is 5.89. The number of aromatic nitrogens is 2. The van der Waals surface area contributed by atoms with Crippen LogP contribution >= 0.6 is 0 Å². The van der Waals surface area contributed by atoms with Crippen LogP contribution in [0.4, 0.5) is 5.82 Å². The van der Waals surface area contributed by atoms with Gasteiger partial charge < -0.3 is 9.64 Å². The Bertz CT molecular complexity index is 904. The fourth-order valence-electron chi connectivity index (χ4n) is 2.80. The maximum absolute atomic E-state index is 12.1. The van der Waals surface area contributed by atoms with E-state index in [1.54, 1.807) is 26.1 Å². The number of anilines is 1. The first-order valence-corrected chi connectivity index (χ1v) is 7.95. The van der Waals surface area contributed by atoms with Crippen molar-refractivity contribution < 1.29 is 4.74 Å². The lowest BCUT2D eigenvalue weighted by Gasteiger charge is -2.23. The molecule has 0 saturated carbocycles. The van der Waals surface area contributed by atoms with Crippen LogP contribution in [0.15, 0.2) is 33.9 Å².